The van der Waals surface area contributed by atoms with Gasteiger partial charge in [0.05, 0.1) is 15.8 Å². The molecule has 4 rings (SSSR count). The van der Waals surface area contributed by atoms with Gasteiger partial charge in [-0.05, 0) is 19.0 Å². The van der Waals surface area contributed by atoms with Crippen LogP contribution in [0.5, 0.6) is 5.88 Å². The summed E-state index contributed by atoms with van der Waals surface area (Å²) < 4.78 is 1.47. The number of non-ortho nitro benzene ring substituents is 1. The number of benzene rings is 1. The lowest BCUT2D eigenvalue weighted by Gasteiger charge is -2.38. The lowest BCUT2D eigenvalue weighted by atomic mass is 10.0. The van der Waals surface area contributed by atoms with Crippen LogP contribution in [0.2, 0.25) is 0 Å². The second-order valence-corrected chi connectivity index (χ2v) is 7.87. The van der Waals surface area contributed by atoms with Gasteiger partial charge in [-0.1, -0.05) is 30.4 Å². The number of nitro benzene ring substituents is 1. The van der Waals surface area contributed by atoms with E-state index in [1.807, 2.05) is 0 Å². The third kappa shape index (κ3) is 3.34. The molecular weight excluding hydrogens is 380 g/mol. The Morgan fingerprint density at radius 2 is 1.93 bits per heavy atom. The molecule has 148 valence electrons. The molecule has 0 amide bonds. The number of hydrogen-bond donors (Lipinski definition) is 1. The summed E-state index contributed by atoms with van der Waals surface area (Å²) >= 11 is 1.41. The first-order valence-corrected chi connectivity index (χ1v) is 10.1. The average Bonchev–Trinajstić information content (AvgIpc) is 3.20. The Balaban J connectivity index is 1.75. The number of fused-ring (bicyclic) bond motifs is 1. The topological polar surface area (TPSA) is 100 Å². The van der Waals surface area contributed by atoms with Crippen LogP contribution in [-0.2, 0) is 0 Å². The number of hydrogen-bond acceptors (Lipinski definition) is 8. The van der Waals surface area contributed by atoms with Gasteiger partial charge in [-0.25, -0.2) is 4.98 Å². The van der Waals surface area contributed by atoms with E-state index in [-0.39, 0.29) is 17.6 Å². The van der Waals surface area contributed by atoms with Crippen molar-refractivity contribution in [2.45, 2.75) is 19.9 Å². The summed E-state index contributed by atoms with van der Waals surface area (Å²) in [5.74, 6) is 0.693. The first-order valence-electron chi connectivity index (χ1n) is 9.23. The number of aromatic hydroxyl groups is 1. The maximum absolute atomic E-state index is 11.0. The normalized spacial score (nSPS) is 17.2. The zero-order chi connectivity index (χ0) is 19.8. The fraction of sp³-hybridized carbons (Fsp3) is 0.444. The van der Waals surface area contributed by atoms with Gasteiger partial charge in [-0.15, -0.1) is 5.10 Å². The summed E-state index contributed by atoms with van der Waals surface area (Å²) in [6.07, 6.45) is 0. The zero-order valence-corrected chi connectivity index (χ0v) is 16.6. The second-order valence-electron chi connectivity index (χ2n) is 6.86. The van der Waals surface area contributed by atoms with Crippen molar-refractivity contribution in [2.75, 3.05) is 32.7 Å². The highest BCUT2D eigenvalue weighted by atomic mass is 32.1. The van der Waals surface area contributed by atoms with E-state index in [1.54, 1.807) is 19.1 Å². The Labute approximate surface area is 166 Å². The zero-order valence-electron chi connectivity index (χ0n) is 15.8. The molecule has 3 aromatic rings. The number of rotatable bonds is 5. The minimum atomic E-state index is -0.401. The number of thiazole rings is 1. The minimum absolute atomic E-state index is 0.0563. The molecule has 3 heterocycles. The van der Waals surface area contributed by atoms with E-state index in [9.17, 15) is 15.2 Å². The van der Waals surface area contributed by atoms with E-state index in [4.69, 9.17) is 0 Å². The third-order valence-corrected chi connectivity index (χ3v) is 6.27. The Morgan fingerprint density at radius 1 is 1.25 bits per heavy atom. The van der Waals surface area contributed by atoms with E-state index in [0.29, 0.717) is 10.8 Å². The van der Waals surface area contributed by atoms with Gasteiger partial charge < -0.3 is 10.0 Å². The lowest BCUT2D eigenvalue weighted by Crippen LogP contribution is -2.47. The summed E-state index contributed by atoms with van der Waals surface area (Å²) in [5.41, 5.74) is 0.966. The molecule has 1 unspecified atom stereocenters. The summed E-state index contributed by atoms with van der Waals surface area (Å²) in [4.78, 5) is 21.1. The molecule has 28 heavy (non-hydrogen) atoms. The number of aromatic nitrogens is 3. The van der Waals surface area contributed by atoms with E-state index in [0.717, 1.165) is 43.2 Å². The van der Waals surface area contributed by atoms with E-state index in [1.165, 1.54) is 28.0 Å². The smallest absolute Gasteiger partial charge is 0.269 e. The molecule has 1 saturated heterocycles. The standard InChI is InChI=1S/C18H22N6O3S/c1-3-21-8-10-22(11-9-21)15(13-4-6-14(7-5-13)24(26)27)16-17(25)23-18(28-16)19-12(2)20-23/h4-7,15,25H,3,8-11H2,1-2H3. The third-order valence-electron chi connectivity index (χ3n) is 5.19. The van der Waals surface area contributed by atoms with Crippen LogP contribution in [0.15, 0.2) is 24.3 Å². The first-order chi connectivity index (χ1) is 13.5. The van der Waals surface area contributed by atoms with Gasteiger partial charge in [0, 0.05) is 38.3 Å². The number of likely N-dealkylation sites (N-methyl/N-ethyl adjacent to an activating group) is 1. The second kappa shape index (κ2) is 7.46. The highest BCUT2D eigenvalue weighted by Crippen LogP contribution is 2.40. The molecule has 0 saturated carbocycles. The minimum Gasteiger partial charge on any atom is -0.492 e. The van der Waals surface area contributed by atoms with Crippen LogP contribution in [0.3, 0.4) is 0 Å². The van der Waals surface area contributed by atoms with Crippen molar-refractivity contribution in [1.82, 2.24) is 24.4 Å². The number of aryl methyl sites for hydroxylation is 1. The van der Waals surface area contributed by atoms with Gasteiger partial charge in [0.25, 0.3) is 5.69 Å². The molecule has 1 N–H and O–H groups in total. The summed E-state index contributed by atoms with van der Waals surface area (Å²) in [6, 6.07) is 6.38. The van der Waals surface area contributed by atoms with Crippen LogP contribution in [0.25, 0.3) is 4.96 Å². The summed E-state index contributed by atoms with van der Waals surface area (Å²) in [5, 5.41) is 26.1. The van der Waals surface area contributed by atoms with Crippen molar-refractivity contribution in [2.24, 2.45) is 0 Å². The highest BCUT2D eigenvalue weighted by molar-refractivity contribution is 7.17. The van der Waals surface area contributed by atoms with Gasteiger partial charge in [-0.3, -0.25) is 15.0 Å². The predicted octanol–water partition coefficient (Wildman–Crippen LogP) is 2.44. The Kier molecular flexibility index (Phi) is 5.00. The Morgan fingerprint density at radius 3 is 2.50 bits per heavy atom. The number of nitro groups is 1. The van der Waals surface area contributed by atoms with Crippen LogP contribution in [-0.4, -0.2) is 67.2 Å². The molecule has 0 aliphatic carbocycles. The van der Waals surface area contributed by atoms with Crippen molar-refractivity contribution in [3.05, 3.63) is 50.6 Å². The van der Waals surface area contributed by atoms with Crippen LogP contribution in [0, 0.1) is 17.0 Å². The summed E-state index contributed by atoms with van der Waals surface area (Å²) in [7, 11) is 0. The van der Waals surface area contributed by atoms with Gasteiger partial charge in [0.2, 0.25) is 10.8 Å². The van der Waals surface area contributed by atoms with Crippen molar-refractivity contribution < 1.29 is 10.0 Å². The molecular formula is C18H22N6O3S. The SMILES string of the molecule is CCN1CCN(C(c2ccc([N+](=O)[O-])cc2)c2sc3nc(C)nn3c2O)CC1. The average molecular weight is 402 g/mol. The Bertz CT molecular complexity index is 991. The Hall–Kier alpha value is -2.56. The van der Waals surface area contributed by atoms with Crippen molar-refractivity contribution in [3.8, 4) is 5.88 Å². The van der Waals surface area contributed by atoms with Crippen LogP contribution >= 0.6 is 11.3 Å². The van der Waals surface area contributed by atoms with Gasteiger partial charge in [-0.2, -0.15) is 4.52 Å². The molecule has 1 aliphatic rings. The molecule has 0 bridgehead atoms. The molecule has 2 aromatic heterocycles. The molecule has 1 aliphatic heterocycles. The molecule has 9 nitrogen and oxygen atoms in total. The molecule has 0 spiro atoms. The van der Waals surface area contributed by atoms with Crippen molar-refractivity contribution in [3.63, 3.8) is 0 Å². The quantitative estimate of drug-likeness (QED) is 0.517. The predicted molar refractivity (Wildman–Crippen MR) is 106 cm³/mol. The first kappa shape index (κ1) is 18.8. The van der Waals surface area contributed by atoms with Gasteiger partial charge >= 0.3 is 0 Å². The van der Waals surface area contributed by atoms with Crippen LogP contribution in [0.1, 0.15) is 29.2 Å². The molecule has 1 atom stereocenters. The van der Waals surface area contributed by atoms with Crippen LogP contribution < -0.4 is 0 Å². The summed E-state index contributed by atoms with van der Waals surface area (Å²) in [6.45, 7) is 8.54. The number of piperazine rings is 1. The van der Waals surface area contributed by atoms with Gasteiger partial charge in [0.15, 0.2) is 0 Å². The molecule has 10 heteroatoms. The van der Waals surface area contributed by atoms with E-state index >= 15 is 0 Å². The van der Waals surface area contributed by atoms with Crippen molar-refractivity contribution in [1.29, 1.82) is 0 Å². The fourth-order valence-corrected chi connectivity index (χ4v) is 4.83. The maximum Gasteiger partial charge on any atom is 0.269 e. The van der Waals surface area contributed by atoms with Gasteiger partial charge in [0.1, 0.15) is 5.82 Å². The highest BCUT2D eigenvalue weighted by Gasteiger charge is 2.31. The van der Waals surface area contributed by atoms with Crippen molar-refractivity contribution >= 4 is 22.0 Å². The molecule has 1 aromatic carbocycles. The molecule has 0 radical (unpaired) electrons. The maximum atomic E-state index is 11.0. The monoisotopic (exact) mass is 402 g/mol. The van der Waals surface area contributed by atoms with E-state index in [2.05, 4.69) is 26.8 Å². The van der Waals surface area contributed by atoms with Crippen LogP contribution in [0.4, 0.5) is 5.69 Å². The number of nitrogens with zero attached hydrogens (tertiary/aromatic N) is 6. The largest absolute Gasteiger partial charge is 0.492 e. The molecule has 1 fully saturated rings. The lowest BCUT2D eigenvalue weighted by molar-refractivity contribution is -0.384. The fourth-order valence-electron chi connectivity index (χ4n) is 3.67. The van der Waals surface area contributed by atoms with E-state index < -0.39 is 4.92 Å².